The lowest BCUT2D eigenvalue weighted by Crippen LogP contribution is -2.35. The first-order valence-electron chi connectivity index (χ1n) is 10.3. The number of morpholine rings is 1. The van der Waals surface area contributed by atoms with E-state index in [0.29, 0.717) is 0 Å². The van der Waals surface area contributed by atoms with Crippen LogP contribution in [0.5, 0.6) is 0 Å². The van der Waals surface area contributed by atoms with Crippen molar-refractivity contribution in [2.75, 3.05) is 26.3 Å². The van der Waals surface area contributed by atoms with Crippen LogP contribution in [0.15, 0.2) is 60.0 Å². The fourth-order valence-corrected chi connectivity index (χ4v) is 5.06. The van der Waals surface area contributed by atoms with Gasteiger partial charge in [-0.15, -0.1) is 11.3 Å². The minimum atomic E-state index is 0.820. The number of rotatable bonds is 5. The van der Waals surface area contributed by atoms with Crippen LogP contribution in [0.2, 0.25) is 0 Å². The first-order chi connectivity index (χ1) is 14.3. The molecule has 0 saturated carbocycles. The third-order valence-corrected chi connectivity index (χ3v) is 6.44. The molecule has 2 aromatic carbocycles. The van der Waals surface area contributed by atoms with Gasteiger partial charge >= 0.3 is 0 Å². The van der Waals surface area contributed by atoms with E-state index < -0.39 is 0 Å². The molecule has 1 aliphatic rings. The molecule has 1 aliphatic heterocycles. The predicted octanol–water partition coefficient (Wildman–Crippen LogP) is 5.28. The predicted molar refractivity (Wildman–Crippen MR) is 120 cm³/mol. The Morgan fingerprint density at radius 3 is 2.55 bits per heavy atom. The maximum Gasteiger partial charge on any atom is 0.107 e. The fourth-order valence-electron chi connectivity index (χ4n) is 4.24. The van der Waals surface area contributed by atoms with Crippen LogP contribution in [0, 0.1) is 0 Å². The summed E-state index contributed by atoms with van der Waals surface area (Å²) in [6.07, 6.45) is 0. The van der Waals surface area contributed by atoms with Crippen molar-refractivity contribution in [3.8, 4) is 22.5 Å². The third-order valence-electron chi connectivity index (χ3n) is 5.60. The number of hydrogen-bond acceptors (Lipinski definition) is 4. The molecule has 4 aromatic rings. The number of para-hydroxylation sites is 1. The summed E-state index contributed by atoms with van der Waals surface area (Å²) in [6.45, 7) is 7.66. The average molecular weight is 404 g/mol. The Hall–Kier alpha value is -2.47. The first-order valence-corrected chi connectivity index (χ1v) is 11.1. The molecule has 2 aromatic heterocycles. The first kappa shape index (κ1) is 18.6. The van der Waals surface area contributed by atoms with Gasteiger partial charge in [-0.3, -0.25) is 4.90 Å². The lowest BCUT2D eigenvalue weighted by Gasteiger charge is -2.25. The molecule has 0 amide bonds. The molecule has 5 rings (SSSR count). The molecule has 0 radical (unpaired) electrons. The highest BCUT2D eigenvalue weighted by Crippen LogP contribution is 2.41. The second-order valence-corrected chi connectivity index (χ2v) is 8.31. The van der Waals surface area contributed by atoms with Gasteiger partial charge in [-0.05, 0) is 18.6 Å². The maximum absolute atomic E-state index is 5.48. The Labute approximate surface area is 175 Å². The number of aromatic nitrogens is 2. The van der Waals surface area contributed by atoms with Gasteiger partial charge in [0.25, 0.3) is 0 Å². The van der Waals surface area contributed by atoms with Gasteiger partial charge in [0.05, 0.1) is 31.1 Å². The lowest BCUT2D eigenvalue weighted by atomic mass is 10.0. The highest BCUT2D eigenvalue weighted by atomic mass is 32.1. The Bertz CT molecular complexity index is 1110. The van der Waals surface area contributed by atoms with E-state index in [1.807, 2.05) is 0 Å². The second kappa shape index (κ2) is 8.11. The van der Waals surface area contributed by atoms with E-state index in [9.17, 15) is 0 Å². The van der Waals surface area contributed by atoms with Crippen LogP contribution in [0.4, 0.5) is 0 Å². The topological polar surface area (TPSA) is 30.3 Å². The minimum absolute atomic E-state index is 0.820. The van der Waals surface area contributed by atoms with E-state index in [-0.39, 0.29) is 0 Å². The van der Waals surface area contributed by atoms with Gasteiger partial charge in [0.1, 0.15) is 5.01 Å². The summed E-state index contributed by atoms with van der Waals surface area (Å²) in [5.74, 6) is 0. The molecule has 0 bridgehead atoms. The van der Waals surface area contributed by atoms with Crippen LogP contribution in [0.3, 0.4) is 0 Å². The highest BCUT2D eigenvalue weighted by molar-refractivity contribution is 7.10. The van der Waals surface area contributed by atoms with Crippen LogP contribution in [-0.2, 0) is 17.8 Å². The molecule has 0 atom stereocenters. The van der Waals surface area contributed by atoms with Crippen molar-refractivity contribution in [2.24, 2.45) is 0 Å². The highest BCUT2D eigenvalue weighted by Gasteiger charge is 2.21. The van der Waals surface area contributed by atoms with E-state index in [2.05, 4.69) is 76.4 Å². The zero-order valence-corrected chi connectivity index (χ0v) is 17.5. The Balaban J connectivity index is 1.63. The van der Waals surface area contributed by atoms with Crippen molar-refractivity contribution >= 4 is 22.2 Å². The van der Waals surface area contributed by atoms with Gasteiger partial charge in [0.2, 0.25) is 0 Å². The van der Waals surface area contributed by atoms with Crippen LogP contribution in [-0.4, -0.2) is 40.8 Å². The number of benzene rings is 2. The van der Waals surface area contributed by atoms with Crippen LogP contribution < -0.4 is 0 Å². The van der Waals surface area contributed by atoms with E-state index in [1.165, 1.54) is 32.7 Å². The molecule has 29 heavy (non-hydrogen) atoms. The van der Waals surface area contributed by atoms with E-state index in [0.717, 1.165) is 45.1 Å². The molecule has 5 heteroatoms. The van der Waals surface area contributed by atoms with Gasteiger partial charge in [-0.1, -0.05) is 48.5 Å². The standard InChI is InChI=1S/C24H25N3OS/c1-2-27-21-11-7-6-10-19(21)23(24(27)18-8-4-3-5-9-18)20-17-29-22(25-20)16-26-12-14-28-15-13-26/h3-11,17H,2,12-16H2,1H3. The van der Waals surface area contributed by atoms with Crippen molar-refractivity contribution in [3.05, 3.63) is 65.0 Å². The molecule has 1 saturated heterocycles. The summed E-state index contributed by atoms with van der Waals surface area (Å²) in [5, 5.41) is 4.68. The molecular weight excluding hydrogens is 378 g/mol. The number of nitrogens with zero attached hydrogens (tertiary/aromatic N) is 3. The zero-order valence-electron chi connectivity index (χ0n) is 16.7. The number of fused-ring (bicyclic) bond motifs is 1. The van der Waals surface area contributed by atoms with Gasteiger partial charge in [-0.25, -0.2) is 4.98 Å². The van der Waals surface area contributed by atoms with E-state index in [1.54, 1.807) is 11.3 Å². The van der Waals surface area contributed by atoms with E-state index >= 15 is 0 Å². The summed E-state index contributed by atoms with van der Waals surface area (Å²) in [7, 11) is 0. The van der Waals surface area contributed by atoms with Crippen molar-refractivity contribution in [3.63, 3.8) is 0 Å². The number of thiazole rings is 1. The molecule has 4 nitrogen and oxygen atoms in total. The summed E-state index contributed by atoms with van der Waals surface area (Å²) in [6, 6.07) is 19.4. The fraction of sp³-hybridized carbons (Fsp3) is 0.292. The van der Waals surface area contributed by atoms with Gasteiger partial charge in [-0.2, -0.15) is 0 Å². The number of aryl methyl sites for hydroxylation is 1. The van der Waals surface area contributed by atoms with Crippen molar-refractivity contribution in [1.82, 2.24) is 14.5 Å². The smallest absolute Gasteiger partial charge is 0.107 e. The molecule has 3 heterocycles. The summed E-state index contributed by atoms with van der Waals surface area (Å²) < 4.78 is 7.90. The molecule has 0 unspecified atom stereocenters. The van der Waals surface area contributed by atoms with Crippen LogP contribution in [0.1, 0.15) is 11.9 Å². The monoisotopic (exact) mass is 403 g/mol. The SMILES string of the molecule is CCn1c(-c2ccccc2)c(-c2csc(CN3CCOCC3)n2)c2ccccc21. The molecule has 0 aliphatic carbocycles. The number of hydrogen-bond donors (Lipinski definition) is 0. The van der Waals surface area contributed by atoms with Gasteiger partial charge < -0.3 is 9.30 Å². The second-order valence-electron chi connectivity index (χ2n) is 7.37. The summed E-state index contributed by atoms with van der Waals surface area (Å²) in [4.78, 5) is 7.51. The zero-order chi connectivity index (χ0) is 19.6. The Morgan fingerprint density at radius 1 is 1.00 bits per heavy atom. The molecule has 0 spiro atoms. The van der Waals surface area contributed by atoms with Crippen molar-refractivity contribution in [2.45, 2.75) is 20.0 Å². The van der Waals surface area contributed by atoms with Gasteiger partial charge in [0, 0.05) is 41.5 Å². The Morgan fingerprint density at radius 2 is 1.76 bits per heavy atom. The quantitative estimate of drug-likeness (QED) is 0.454. The maximum atomic E-state index is 5.48. The largest absolute Gasteiger partial charge is 0.379 e. The summed E-state index contributed by atoms with van der Waals surface area (Å²) in [5.41, 5.74) is 6.10. The number of ether oxygens (including phenoxy) is 1. The third kappa shape index (κ3) is 3.50. The lowest BCUT2D eigenvalue weighted by molar-refractivity contribution is 0.0342. The van der Waals surface area contributed by atoms with Crippen molar-refractivity contribution < 1.29 is 4.74 Å². The average Bonchev–Trinajstić information content (AvgIpc) is 3.36. The van der Waals surface area contributed by atoms with E-state index in [4.69, 9.17) is 9.72 Å². The minimum Gasteiger partial charge on any atom is -0.379 e. The van der Waals surface area contributed by atoms with Gasteiger partial charge in [0.15, 0.2) is 0 Å². The molecule has 148 valence electrons. The molecular formula is C24H25N3OS. The molecule has 0 N–H and O–H groups in total. The van der Waals surface area contributed by atoms with Crippen LogP contribution in [0.25, 0.3) is 33.4 Å². The summed E-state index contributed by atoms with van der Waals surface area (Å²) >= 11 is 1.76. The van der Waals surface area contributed by atoms with Crippen molar-refractivity contribution in [1.29, 1.82) is 0 Å². The Kier molecular flexibility index (Phi) is 5.19. The normalized spacial score (nSPS) is 15.2. The molecule has 1 fully saturated rings. The van der Waals surface area contributed by atoms with Crippen LogP contribution >= 0.6 is 11.3 Å².